The van der Waals surface area contributed by atoms with E-state index in [2.05, 4.69) is 0 Å². The Morgan fingerprint density at radius 3 is 1.00 bits per heavy atom. The maximum atomic E-state index is 0. The zero-order valence-electron chi connectivity index (χ0n) is 1.38. The molecule has 0 N–H and O–H groups in total. The van der Waals surface area contributed by atoms with Crippen LogP contribution in [0.25, 0.3) is 0 Å². The van der Waals surface area contributed by atoms with Crippen LogP contribution in [0.1, 0.15) is 0 Å². The molecule has 0 aromatic rings. The average Bonchev–Trinajstić information content (AvgIpc) is 0. The molecule has 0 aliphatic rings. The van der Waals surface area contributed by atoms with Crippen LogP contribution in [-0.4, -0.2) is 17.4 Å². The SMILES string of the molecule is [AlH3].[Co].[Fe].[Mn].[Ni]. The van der Waals surface area contributed by atoms with E-state index in [0.717, 1.165) is 0 Å². The van der Waals surface area contributed by atoms with Crippen LogP contribution in [0, 0.1) is 0 Å². The van der Waals surface area contributed by atoms with Crippen LogP contribution in [0.4, 0.5) is 0 Å². The van der Waals surface area contributed by atoms with Crippen molar-refractivity contribution >= 4 is 17.4 Å². The average molecular weight is 258 g/mol. The Bertz CT molecular complexity index is 11.6. The van der Waals surface area contributed by atoms with E-state index < -0.39 is 0 Å². The van der Waals surface area contributed by atoms with Gasteiger partial charge in [-0.3, -0.25) is 0 Å². The summed E-state index contributed by atoms with van der Waals surface area (Å²) >= 11 is 0. The van der Waals surface area contributed by atoms with E-state index in [0.29, 0.717) is 0 Å². The van der Waals surface area contributed by atoms with Crippen molar-refractivity contribution in [2.45, 2.75) is 0 Å². The molecule has 0 aromatic heterocycles. The van der Waals surface area contributed by atoms with Crippen molar-refractivity contribution in [1.82, 2.24) is 0 Å². The molecule has 40 valence electrons. The molecule has 0 unspecified atom stereocenters. The van der Waals surface area contributed by atoms with Crippen LogP contribution in [0.3, 0.4) is 0 Å². The first-order valence-corrected chi connectivity index (χ1v) is 0. The minimum Gasteiger partial charge on any atom is 0 e. The van der Waals surface area contributed by atoms with Crippen molar-refractivity contribution in [3.63, 3.8) is 0 Å². The van der Waals surface area contributed by atoms with E-state index in [-0.39, 0.29) is 84.8 Å². The molecule has 0 saturated carbocycles. The summed E-state index contributed by atoms with van der Waals surface area (Å²) in [5.74, 6) is 0. The molecule has 0 aliphatic carbocycles. The maximum absolute atomic E-state index is 0. The third-order valence-corrected chi connectivity index (χ3v) is 0. The Morgan fingerprint density at radius 2 is 1.00 bits per heavy atom. The molecule has 0 fully saturated rings. The number of hydrogen-bond acceptors (Lipinski definition) is 0. The molecular formula is H3AlCoFeMnNi. The molecule has 0 heterocycles. The minimum atomic E-state index is 0. The van der Waals surface area contributed by atoms with Crippen LogP contribution >= 0.6 is 0 Å². The third-order valence-electron chi connectivity index (χ3n) is 0. The Morgan fingerprint density at radius 1 is 1.00 bits per heavy atom. The zero-order valence-corrected chi connectivity index (χ0v) is 5.69. The fourth-order valence-corrected chi connectivity index (χ4v) is 0. The third kappa shape index (κ3) is 20.8. The molecule has 5 heavy (non-hydrogen) atoms. The largest absolute Gasteiger partial charge is 0.187 e. The summed E-state index contributed by atoms with van der Waals surface area (Å²) in [6.45, 7) is 0. The summed E-state index contributed by atoms with van der Waals surface area (Å²) in [6.07, 6.45) is 0. The number of hydrogen-bond donors (Lipinski definition) is 0. The van der Waals surface area contributed by atoms with Gasteiger partial charge in [0.1, 0.15) is 0 Å². The van der Waals surface area contributed by atoms with Gasteiger partial charge in [-0.2, -0.15) is 0 Å². The van der Waals surface area contributed by atoms with Gasteiger partial charge in [-0.15, -0.1) is 0 Å². The van der Waals surface area contributed by atoms with Gasteiger partial charge in [-0.05, 0) is 0 Å². The first kappa shape index (κ1) is 49.4. The molecule has 5 heteroatoms. The van der Waals surface area contributed by atoms with Gasteiger partial charge in [0.2, 0.25) is 0 Å². The predicted octanol–water partition coefficient (Wildman–Crippen LogP) is -1.19. The molecule has 0 bridgehead atoms. The van der Waals surface area contributed by atoms with E-state index >= 15 is 0 Å². The molecule has 0 aromatic carbocycles. The summed E-state index contributed by atoms with van der Waals surface area (Å²) in [7, 11) is 0. The standard InChI is InChI=1S/Al.Co.Fe.Mn.Ni.3H. The van der Waals surface area contributed by atoms with Gasteiger partial charge in [-0.1, -0.05) is 0 Å². The van der Waals surface area contributed by atoms with Crippen LogP contribution in [-0.2, 0) is 67.4 Å². The van der Waals surface area contributed by atoms with Gasteiger partial charge in [0.25, 0.3) is 0 Å². The molecule has 0 rings (SSSR count). The molecule has 0 amide bonds. The fourth-order valence-electron chi connectivity index (χ4n) is 0. The number of rotatable bonds is 0. The van der Waals surface area contributed by atoms with Crippen molar-refractivity contribution in [3.05, 3.63) is 0 Å². The summed E-state index contributed by atoms with van der Waals surface area (Å²) < 4.78 is 0. The fraction of sp³-hybridized carbons (Fsp3) is 0. The Labute approximate surface area is 83.8 Å². The second-order valence-electron chi connectivity index (χ2n) is 0. The van der Waals surface area contributed by atoms with E-state index in [1.165, 1.54) is 0 Å². The van der Waals surface area contributed by atoms with Crippen LogP contribution in [0.5, 0.6) is 0 Å². The van der Waals surface area contributed by atoms with Gasteiger partial charge in [0.05, 0.1) is 0 Å². The molecule has 2 radical (unpaired) electrons. The smallest absolute Gasteiger partial charge is 0 e. The molecule has 0 spiro atoms. The molecule has 0 saturated heterocycles. The summed E-state index contributed by atoms with van der Waals surface area (Å²) in [6, 6.07) is 0. The van der Waals surface area contributed by atoms with Crippen molar-refractivity contribution in [2.75, 3.05) is 0 Å². The summed E-state index contributed by atoms with van der Waals surface area (Å²) in [5, 5.41) is 0. The Balaban J connectivity index is 0. The van der Waals surface area contributed by atoms with Gasteiger partial charge in [0, 0.05) is 67.4 Å². The molecular weight excluding hydrogens is 255 g/mol. The van der Waals surface area contributed by atoms with Crippen molar-refractivity contribution in [3.8, 4) is 0 Å². The van der Waals surface area contributed by atoms with Gasteiger partial charge >= 0.3 is 0 Å². The molecule has 0 nitrogen and oxygen atoms in total. The van der Waals surface area contributed by atoms with E-state index in [1.54, 1.807) is 0 Å². The normalized spacial score (nSPS) is 0. The minimum absolute atomic E-state index is 0. The second kappa shape index (κ2) is 30.8. The zero-order chi connectivity index (χ0) is 0. The first-order chi connectivity index (χ1) is 0. The predicted molar refractivity (Wildman–Crippen MR) is 9.94 cm³/mol. The topological polar surface area (TPSA) is 0 Å². The first-order valence-electron chi connectivity index (χ1n) is 0. The molecule has 0 aliphatic heterocycles. The van der Waals surface area contributed by atoms with Crippen molar-refractivity contribution in [2.24, 2.45) is 0 Å². The van der Waals surface area contributed by atoms with E-state index in [1.807, 2.05) is 0 Å². The summed E-state index contributed by atoms with van der Waals surface area (Å²) in [4.78, 5) is 0. The van der Waals surface area contributed by atoms with Crippen molar-refractivity contribution in [1.29, 1.82) is 0 Å². The second-order valence-corrected chi connectivity index (χ2v) is 0. The maximum Gasteiger partial charge on any atom is 0.187 e. The van der Waals surface area contributed by atoms with Gasteiger partial charge < -0.3 is 0 Å². The van der Waals surface area contributed by atoms with Gasteiger partial charge in [0.15, 0.2) is 17.4 Å². The van der Waals surface area contributed by atoms with Crippen LogP contribution < -0.4 is 0 Å². The Kier molecular flexibility index (Phi) is 305. The van der Waals surface area contributed by atoms with E-state index in [9.17, 15) is 0 Å². The van der Waals surface area contributed by atoms with Crippen LogP contribution in [0.2, 0.25) is 0 Å². The van der Waals surface area contributed by atoms with E-state index in [4.69, 9.17) is 0 Å². The van der Waals surface area contributed by atoms with Crippen LogP contribution in [0.15, 0.2) is 0 Å². The van der Waals surface area contributed by atoms with Crippen molar-refractivity contribution < 1.29 is 67.4 Å². The quantitative estimate of drug-likeness (QED) is 0.479. The monoisotopic (exact) mass is 258 g/mol. The van der Waals surface area contributed by atoms with Gasteiger partial charge in [-0.25, -0.2) is 0 Å². The summed E-state index contributed by atoms with van der Waals surface area (Å²) in [5.41, 5.74) is 0. The molecule has 0 atom stereocenters. The Hall–Kier alpha value is 2.57.